The first-order chi connectivity index (χ1) is 11.7. The molecule has 2 heterocycles. The molecule has 0 N–H and O–H groups in total. The van der Waals surface area contributed by atoms with Crippen molar-refractivity contribution in [2.24, 2.45) is 0 Å². The Morgan fingerprint density at radius 3 is 2.71 bits per heavy atom. The van der Waals surface area contributed by atoms with Gasteiger partial charge in [0.25, 0.3) is 0 Å². The van der Waals surface area contributed by atoms with Gasteiger partial charge in [-0.05, 0) is 42.7 Å². The van der Waals surface area contributed by atoms with Crippen LogP contribution in [0.2, 0.25) is 0 Å². The third-order valence-electron chi connectivity index (χ3n) is 4.39. The van der Waals surface area contributed by atoms with E-state index in [4.69, 9.17) is 0 Å². The van der Waals surface area contributed by atoms with Gasteiger partial charge in [-0.3, -0.25) is 0 Å². The van der Waals surface area contributed by atoms with Crippen molar-refractivity contribution in [1.82, 2.24) is 9.97 Å². The average molecular weight is 357 g/mol. The molecule has 0 saturated heterocycles. The van der Waals surface area contributed by atoms with Gasteiger partial charge < -0.3 is 0 Å². The van der Waals surface area contributed by atoms with Crippen LogP contribution >= 0.6 is 23.1 Å². The van der Waals surface area contributed by atoms with Gasteiger partial charge in [-0.15, -0.1) is 23.1 Å². The number of aromatic nitrogens is 2. The number of thioether (sulfide) groups is 1. The molecule has 0 unspecified atom stereocenters. The van der Waals surface area contributed by atoms with Gasteiger partial charge in [0, 0.05) is 10.9 Å². The van der Waals surface area contributed by atoms with Gasteiger partial charge in [0.05, 0.1) is 5.39 Å². The standard InChI is InChI=1S/C20H24N2S2/c1-4-5-6-7-10-23-19-18-17(12-24-20(18)22-13-21-19)16-9-8-14(2)15(3)11-16/h8-9,11-13H,4-7,10H2,1-3H3. The van der Waals surface area contributed by atoms with Crippen molar-refractivity contribution in [2.45, 2.75) is 51.5 Å². The Kier molecular flexibility index (Phi) is 5.90. The van der Waals surface area contributed by atoms with E-state index in [9.17, 15) is 0 Å². The quantitative estimate of drug-likeness (QED) is 0.269. The minimum Gasteiger partial charge on any atom is -0.229 e. The number of fused-ring (bicyclic) bond motifs is 1. The molecular formula is C20H24N2S2. The van der Waals surface area contributed by atoms with Crippen LogP contribution in [0.5, 0.6) is 0 Å². The summed E-state index contributed by atoms with van der Waals surface area (Å²) >= 11 is 3.59. The summed E-state index contributed by atoms with van der Waals surface area (Å²) in [7, 11) is 0. The van der Waals surface area contributed by atoms with E-state index in [1.807, 2.05) is 11.8 Å². The van der Waals surface area contributed by atoms with Gasteiger partial charge >= 0.3 is 0 Å². The monoisotopic (exact) mass is 356 g/mol. The average Bonchev–Trinajstić information content (AvgIpc) is 3.02. The molecule has 0 radical (unpaired) electrons. The van der Waals surface area contributed by atoms with E-state index in [-0.39, 0.29) is 0 Å². The number of aryl methyl sites for hydroxylation is 2. The fourth-order valence-electron chi connectivity index (χ4n) is 2.78. The first-order valence-electron chi connectivity index (χ1n) is 8.63. The maximum atomic E-state index is 4.58. The predicted octanol–water partition coefficient (Wildman–Crippen LogP) is 6.65. The highest BCUT2D eigenvalue weighted by atomic mass is 32.2. The SMILES string of the molecule is CCCCCCSc1ncnc2scc(-c3ccc(C)c(C)c3)c12. The van der Waals surface area contributed by atoms with Crippen LogP contribution in [-0.4, -0.2) is 15.7 Å². The highest BCUT2D eigenvalue weighted by Crippen LogP contribution is 2.38. The molecular weight excluding hydrogens is 332 g/mol. The van der Waals surface area contributed by atoms with Gasteiger partial charge in [0.1, 0.15) is 16.2 Å². The molecule has 0 amide bonds. The van der Waals surface area contributed by atoms with E-state index >= 15 is 0 Å². The Balaban J connectivity index is 1.90. The molecule has 2 nitrogen and oxygen atoms in total. The smallest absolute Gasteiger partial charge is 0.128 e. The Morgan fingerprint density at radius 1 is 1.04 bits per heavy atom. The molecule has 3 aromatic rings. The molecule has 2 aromatic heterocycles. The predicted molar refractivity (Wildman–Crippen MR) is 107 cm³/mol. The summed E-state index contributed by atoms with van der Waals surface area (Å²) in [4.78, 5) is 10.2. The topological polar surface area (TPSA) is 25.8 Å². The summed E-state index contributed by atoms with van der Waals surface area (Å²) in [6, 6.07) is 6.70. The second-order valence-electron chi connectivity index (χ2n) is 6.22. The van der Waals surface area contributed by atoms with E-state index in [0.29, 0.717) is 0 Å². The fourth-order valence-corrected chi connectivity index (χ4v) is 4.77. The highest BCUT2D eigenvalue weighted by Gasteiger charge is 2.13. The van der Waals surface area contributed by atoms with Crippen LogP contribution in [0.3, 0.4) is 0 Å². The van der Waals surface area contributed by atoms with E-state index < -0.39 is 0 Å². The van der Waals surface area contributed by atoms with Crippen LogP contribution in [0.15, 0.2) is 34.9 Å². The van der Waals surface area contributed by atoms with Crippen LogP contribution in [0.1, 0.15) is 43.7 Å². The number of unbranched alkanes of at least 4 members (excludes halogenated alkanes) is 3. The molecule has 0 spiro atoms. The number of rotatable bonds is 7. The van der Waals surface area contributed by atoms with Crippen molar-refractivity contribution >= 4 is 33.3 Å². The molecule has 0 aliphatic heterocycles. The minimum atomic E-state index is 1.09. The summed E-state index contributed by atoms with van der Waals surface area (Å²) in [5.74, 6) is 1.13. The van der Waals surface area contributed by atoms with Crippen LogP contribution < -0.4 is 0 Å². The van der Waals surface area contributed by atoms with Gasteiger partial charge in [0.15, 0.2) is 0 Å². The lowest BCUT2D eigenvalue weighted by atomic mass is 10.0. The Morgan fingerprint density at radius 2 is 1.92 bits per heavy atom. The van der Waals surface area contributed by atoms with E-state index in [0.717, 1.165) is 15.6 Å². The number of nitrogens with zero attached hydrogens (tertiary/aromatic N) is 2. The number of benzene rings is 1. The van der Waals surface area contributed by atoms with Crippen molar-refractivity contribution in [2.75, 3.05) is 5.75 Å². The molecule has 0 bridgehead atoms. The van der Waals surface area contributed by atoms with E-state index in [2.05, 4.69) is 54.3 Å². The zero-order chi connectivity index (χ0) is 16.9. The van der Waals surface area contributed by atoms with Crippen molar-refractivity contribution < 1.29 is 0 Å². The highest BCUT2D eigenvalue weighted by molar-refractivity contribution is 7.99. The molecule has 3 rings (SSSR count). The Hall–Kier alpha value is -1.39. The largest absolute Gasteiger partial charge is 0.229 e. The second kappa shape index (κ2) is 8.13. The summed E-state index contributed by atoms with van der Waals surface area (Å²) in [5.41, 5.74) is 5.21. The van der Waals surface area contributed by atoms with Crippen molar-refractivity contribution in [3.05, 3.63) is 41.0 Å². The van der Waals surface area contributed by atoms with Crippen LogP contribution in [0, 0.1) is 13.8 Å². The van der Waals surface area contributed by atoms with Crippen molar-refractivity contribution in [3.63, 3.8) is 0 Å². The molecule has 24 heavy (non-hydrogen) atoms. The fraction of sp³-hybridized carbons (Fsp3) is 0.400. The number of thiophene rings is 1. The normalized spacial score (nSPS) is 11.3. The zero-order valence-electron chi connectivity index (χ0n) is 14.6. The van der Waals surface area contributed by atoms with Crippen LogP contribution in [0.4, 0.5) is 0 Å². The third-order valence-corrected chi connectivity index (χ3v) is 6.35. The summed E-state index contributed by atoms with van der Waals surface area (Å²) in [6.45, 7) is 6.58. The molecule has 126 valence electrons. The van der Waals surface area contributed by atoms with Gasteiger partial charge in [0.2, 0.25) is 0 Å². The van der Waals surface area contributed by atoms with Crippen LogP contribution in [-0.2, 0) is 0 Å². The lowest BCUT2D eigenvalue weighted by Gasteiger charge is -2.07. The molecule has 1 aromatic carbocycles. The van der Waals surface area contributed by atoms with E-state index in [1.54, 1.807) is 17.7 Å². The summed E-state index contributed by atoms with van der Waals surface area (Å²) in [5, 5.41) is 4.59. The molecule has 0 saturated carbocycles. The first kappa shape index (κ1) is 17.4. The molecule has 0 aliphatic carbocycles. The second-order valence-corrected chi connectivity index (χ2v) is 8.16. The lowest BCUT2D eigenvalue weighted by Crippen LogP contribution is -1.89. The Labute approximate surface area is 152 Å². The van der Waals surface area contributed by atoms with Gasteiger partial charge in [-0.1, -0.05) is 44.4 Å². The third kappa shape index (κ3) is 3.81. The maximum Gasteiger partial charge on any atom is 0.128 e. The molecule has 0 atom stereocenters. The van der Waals surface area contributed by atoms with Crippen molar-refractivity contribution in [3.8, 4) is 11.1 Å². The van der Waals surface area contributed by atoms with E-state index in [1.165, 1.54) is 53.3 Å². The lowest BCUT2D eigenvalue weighted by molar-refractivity contribution is 0.706. The first-order valence-corrected chi connectivity index (χ1v) is 10.5. The number of hydrogen-bond acceptors (Lipinski definition) is 4. The number of hydrogen-bond donors (Lipinski definition) is 0. The Bertz CT molecular complexity index is 824. The summed E-state index contributed by atoms with van der Waals surface area (Å²) < 4.78 is 0. The van der Waals surface area contributed by atoms with Gasteiger partial charge in [-0.25, -0.2) is 9.97 Å². The zero-order valence-corrected chi connectivity index (χ0v) is 16.3. The minimum absolute atomic E-state index is 1.09. The molecule has 4 heteroatoms. The van der Waals surface area contributed by atoms with Gasteiger partial charge in [-0.2, -0.15) is 0 Å². The van der Waals surface area contributed by atoms with Crippen molar-refractivity contribution in [1.29, 1.82) is 0 Å². The molecule has 0 fully saturated rings. The van der Waals surface area contributed by atoms with Crippen LogP contribution in [0.25, 0.3) is 21.3 Å². The molecule has 0 aliphatic rings. The maximum absolute atomic E-state index is 4.58. The summed E-state index contributed by atoms with van der Waals surface area (Å²) in [6.07, 6.45) is 6.88.